The van der Waals surface area contributed by atoms with Crippen LogP contribution in [0.25, 0.3) is 11.3 Å². The van der Waals surface area contributed by atoms with Gasteiger partial charge in [0.1, 0.15) is 19.6 Å². The molecular formula is C30H35B3BrN5O4S. The average molecular weight is 674 g/mol. The number of benzene rings is 2. The third-order valence-corrected chi connectivity index (χ3v) is 10.5. The number of aromatic nitrogens is 2. The molecule has 0 spiro atoms. The van der Waals surface area contributed by atoms with Crippen LogP contribution in [0.4, 0.5) is 5.95 Å². The molecule has 1 unspecified atom stereocenters. The van der Waals surface area contributed by atoms with Crippen molar-refractivity contribution in [3.8, 4) is 17.0 Å². The zero-order valence-corrected chi connectivity index (χ0v) is 28.1. The van der Waals surface area contributed by atoms with Gasteiger partial charge >= 0.3 is 0 Å². The van der Waals surface area contributed by atoms with Gasteiger partial charge in [0, 0.05) is 31.4 Å². The van der Waals surface area contributed by atoms with E-state index in [0.717, 1.165) is 30.0 Å². The summed E-state index contributed by atoms with van der Waals surface area (Å²) in [6.07, 6.45) is 5.73. The molecule has 0 saturated carbocycles. The standard InChI is InChI=1S/C30H35B3BrN5O4S/c1-6-8-22(9-7-2)38(4)29-36-17-25(34)27(37-29)20-10-11-24-26(14-20)44(41,42)39(30(24,32)33)18(3)28(40)35-16-19-12-21(31)15-23(13-19)43-5/h10-15,17-18,22H,6-9,16H2,1-5H3,(H,35,40). The highest BCUT2D eigenvalue weighted by atomic mass is 79.9. The molecule has 3 aromatic rings. The SMILES string of the molecule is [B]c1cc(CNC(=O)C(C)N2C([B])([B])c3ccc(-c4nc(N(C)C(CCC)CCC)ncc4Br)cc3S2(=O)=O)cc(OC)c1. The summed E-state index contributed by atoms with van der Waals surface area (Å²) < 4.78 is 34.5. The van der Waals surface area contributed by atoms with Crippen LogP contribution in [0.2, 0.25) is 0 Å². The van der Waals surface area contributed by atoms with Crippen molar-refractivity contribution >= 4 is 66.8 Å². The number of carbonyl (C=O) groups excluding carboxylic acids is 1. The molecule has 9 nitrogen and oxygen atoms in total. The molecule has 44 heavy (non-hydrogen) atoms. The van der Waals surface area contributed by atoms with Crippen LogP contribution in [-0.2, 0) is 26.7 Å². The molecule has 14 heteroatoms. The minimum absolute atomic E-state index is 0.0875. The van der Waals surface area contributed by atoms with Crippen LogP contribution in [0.1, 0.15) is 57.6 Å². The summed E-state index contributed by atoms with van der Waals surface area (Å²) in [5, 5.41) is 0.783. The zero-order valence-electron chi connectivity index (χ0n) is 25.7. The number of fused-ring (bicyclic) bond motifs is 1. The van der Waals surface area contributed by atoms with Gasteiger partial charge in [0.05, 0.1) is 37.9 Å². The Labute approximate surface area is 273 Å². The number of ether oxygens (including phenoxy) is 1. The fraction of sp³-hybridized carbons (Fsp3) is 0.433. The first-order chi connectivity index (χ1) is 20.8. The fourth-order valence-electron chi connectivity index (χ4n) is 5.61. The van der Waals surface area contributed by atoms with Gasteiger partial charge in [-0.3, -0.25) is 4.79 Å². The Morgan fingerprint density at radius 3 is 2.48 bits per heavy atom. The highest BCUT2D eigenvalue weighted by molar-refractivity contribution is 9.10. The summed E-state index contributed by atoms with van der Waals surface area (Å²) in [6, 6.07) is 8.90. The molecule has 1 N–H and O–H groups in total. The van der Waals surface area contributed by atoms with E-state index in [-0.39, 0.29) is 23.0 Å². The Kier molecular flexibility index (Phi) is 10.6. The number of methoxy groups -OCH3 is 1. The van der Waals surface area contributed by atoms with Crippen molar-refractivity contribution in [2.75, 3.05) is 19.1 Å². The molecule has 1 amide bonds. The van der Waals surface area contributed by atoms with Crippen LogP contribution < -0.4 is 20.4 Å². The van der Waals surface area contributed by atoms with Crippen LogP contribution in [0.3, 0.4) is 0 Å². The Morgan fingerprint density at radius 1 is 1.16 bits per heavy atom. The van der Waals surface area contributed by atoms with Crippen LogP contribution in [-0.4, -0.2) is 78.4 Å². The van der Waals surface area contributed by atoms with Gasteiger partial charge in [-0.15, -0.1) is 0 Å². The van der Waals surface area contributed by atoms with Crippen molar-refractivity contribution in [1.29, 1.82) is 0 Å². The summed E-state index contributed by atoms with van der Waals surface area (Å²) in [7, 11) is 18.0. The van der Waals surface area contributed by atoms with E-state index < -0.39 is 27.3 Å². The van der Waals surface area contributed by atoms with E-state index in [4.69, 9.17) is 33.3 Å². The number of sulfonamides is 1. The molecular weight excluding hydrogens is 639 g/mol. The summed E-state index contributed by atoms with van der Waals surface area (Å²) in [5.74, 6) is 0.493. The molecule has 1 aliphatic rings. The first-order valence-electron chi connectivity index (χ1n) is 14.5. The molecule has 0 bridgehead atoms. The van der Waals surface area contributed by atoms with E-state index >= 15 is 0 Å². The van der Waals surface area contributed by atoms with Gasteiger partial charge in [0.25, 0.3) is 0 Å². The zero-order chi connectivity index (χ0) is 32.4. The van der Waals surface area contributed by atoms with Gasteiger partial charge in [0.2, 0.25) is 21.9 Å². The predicted molar refractivity (Wildman–Crippen MR) is 179 cm³/mol. The van der Waals surface area contributed by atoms with Gasteiger partial charge in [-0.2, -0.15) is 4.31 Å². The van der Waals surface area contributed by atoms with Crippen molar-refractivity contribution in [3.63, 3.8) is 0 Å². The topological polar surface area (TPSA) is 105 Å². The third kappa shape index (κ3) is 6.72. The molecule has 4 rings (SSSR count). The maximum absolute atomic E-state index is 13.9. The number of nitrogens with zero attached hydrogens (tertiary/aromatic N) is 4. The summed E-state index contributed by atoms with van der Waals surface area (Å²) in [5.41, 5.74) is 2.38. The third-order valence-electron chi connectivity index (χ3n) is 7.85. The number of amides is 1. The second-order valence-electron chi connectivity index (χ2n) is 11.1. The van der Waals surface area contributed by atoms with Gasteiger partial charge in [0.15, 0.2) is 0 Å². The first-order valence-corrected chi connectivity index (χ1v) is 16.7. The molecule has 1 aliphatic heterocycles. The van der Waals surface area contributed by atoms with Crippen LogP contribution >= 0.6 is 15.9 Å². The van der Waals surface area contributed by atoms with E-state index in [0.29, 0.717) is 38.5 Å². The van der Waals surface area contributed by atoms with Crippen molar-refractivity contribution < 1.29 is 17.9 Å². The van der Waals surface area contributed by atoms with Crippen molar-refractivity contribution in [2.24, 2.45) is 0 Å². The van der Waals surface area contributed by atoms with Crippen LogP contribution in [0.15, 0.2) is 52.0 Å². The highest BCUT2D eigenvalue weighted by Crippen LogP contribution is 2.44. The molecule has 6 radical (unpaired) electrons. The lowest BCUT2D eigenvalue weighted by Gasteiger charge is -2.35. The fourth-order valence-corrected chi connectivity index (χ4v) is 8.03. The quantitative estimate of drug-likeness (QED) is 0.295. The van der Waals surface area contributed by atoms with Gasteiger partial charge in [-0.05, 0) is 70.4 Å². The summed E-state index contributed by atoms with van der Waals surface area (Å²) >= 11 is 3.53. The van der Waals surface area contributed by atoms with E-state index in [1.165, 1.54) is 20.1 Å². The van der Waals surface area contributed by atoms with E-state index in [9.17, 15) is 13.2 Å². The number of hydrogen-bond donors (Lipinski definition) is 1. The van der Waals surface area contributed by atoms with Crippen molar-refractivity contribution in [3.05, 3.63) is 58.2 Å². The maximum Gasteiger partial charge on any atom is 0.243 e. The molecule has 2 heterocycles. The number of anilines is 1. The lowest BCUT2D eigenvalue weighted by Crippen LogP contribution is -2.54. The summed E-state index contributed by atoms with van der Waals surface area (Å²) in [4.78, 5) is 24.5. The highest BCUT2D eigenvalue weighted by Gasteiger charge is 2.51. The van der Waals surface area contributed by atoms with Crippen LogP contribution in [0, 0.1) is 0 Å². The van der Waals surface area contributed by atoms with E-state index in [1.807, 2.05) is 7.05 Å². The number of hydrogen-bond acceptors (Lipinski definition) is 7. The van der Waals surface area contributed by atoms with Crippen molar-refractivity contribution in [2.45, 2.75) is 75.3 Å². The second-order valence-corrected chi connectivity index (χ2v) is 13.7. The minimum Gasteiger partial charge on any atom is -0.497 e. The second kappa shape index (κ2) is 13.7. The normalized spacial score (nSPS) is 16.0. The number of rotatable bonds is 12. The molecule has 0 saturated heterocycles. The number of halogens is 1. The molecule has 1 atom stereocenters. The summed E-state index contributed by atoms with van der Waals surface area (Å²) in [6.45, 7) is 5.83. The molecule has 226 valence electrons. The van der Waals surface area contributed by atoms with Crippen LogP contribution in [0.5, 0.6) is 5.75 Å². The molecule has 0 fully saturated rings. The molecule has 1 aromatic heterocycles. The Hall–Kier alpha value is -2.83. The minimum atomic E-state index is -4.28. The van der Waals surface area contributed by atoms with E-state index in [2.05, 4.69) is 45.0 Å². The Bertz CT molecular complexity index is 1640. The van der Waals surface area contributed by atoms with E-state index in [1.54, 1.807) is 36.5 Å². The molecule has 2 aromatic carbocycles. The smallest absolute Gasteiger partial charge is 0.243 e. The predicted octanol–water partition coefficient (Wildman–Crippen LogP) is 3.27. The van der Waals surface area contributed by atoms with Crippen molar-refractivity contribution in [1.82, 2.24) is 19.6 Å². The Balaban J connectivity index is 1.63. The average Bonchev–Trinajstić information content (AvgIpc) is 3.14. The maximum atomic E-state index is 13.9. The largest absolute Gasteiger partial charge is 0.497 e. The van der Waals surface area contributed by atoms with Gasteiger partial charge in [-0.1, -0.05) is 50.4 Å². The molecule has 0 aliphatic carbocycles. The Morgan fingerprint density at radius 2 is 1.84 bits per heavy atom. The lowest BCUT2D eigenvalue weighted by molar-refractivity contribution is -0.124. The van der Waals surface area contributed by atoms with Gasteiger partial charge in [-0.25, -0.2) is 18.4 Å². The number of nitrogens with one attached hydrogen (secondary N) is 1. The lowest BCUT2D eigenvalue weighted by atomic mass is 9.57. The van der Waals surface area contributed by atoms with Gasteiger partial charge < -0.3 is 15.0 Å². The monoisotopic (exact) mass is 673 g/mol. The first kappa shape index (κ1) is 34.1. The number of carbonyl (C=O) groups is 1.